The lowest BCUT2D eigenvalue weighted by Gasteiger charge is -2.39. The van der Waals surface area contributed by atoms with Crippen LogP contribution in [0.15, 0.2) is 12.5 Å². The lowest BCUT2D eigenvalue weighted by molar-refractivity contribution is 0.274. The lowest BCUT2D eigenvalue weighted by atomic mass is 10.2. The number of halogens is 1. The molecule has 82 valence electrons. The number of nitrogens with zero attached hydrogens (tertiary/aromatic N) is 4. The van der Waals surface area contributed by atoms with Gasteiger partial charge in [-0.05, 0) is 36.6 Å². The molecule has 0 spiro atoms. The highest BCUT2D eigenvalue weighted by atomic mass is 127. The van der Waals surface area contributed by atoms with Gasteiger partial charge in [0.25, 0.3) is 0 Å². The van der Waals surface area contributed by atoms with Crippen molar-refractivity contribution in [2.24, 2.45) is 0 Å². The van der Waals surface area contributed by atoms with E-state index in [-0.39, 0.29) is 0 Å². The summed E-state index contributed by atoms with van der Waals surface area (Å²) in [5.74, 6) is 1.08. The molecule has 15 heavy (non-hydrogen) atoms. The molecule has 0 N–H and O–H groups in total. The van der Waals surface area contributed by atoms with Crippen LogP contribution in [0.3, 0.4) is 0 Å². The molecule has 0 bridgehead atoms. The van der Waals surface area contributed by atoms with Gasteiger partial charge < -0.3 is 9.80 Å². The number of anilines is 1. The van der Waals surface area contributed by atoms with Crippen molar-refractivity contribution in [3.63, 3.8) is 0 Å². The standard InChI is InChI=1S/C10H15IN4/c1-8-6-14(2)3-4-15(8)10-9(11)5-12-7-13-10/h5,7-8H,3-4,6H2,1-2H3. The highest BCUT2D eigenvalue weighted by Gasteiger charge is 2.23. The van der Waals surface area contributed by atoms with Gasteiger partial charge in [0, 0.05) is 31.9 Å². The van der Waals surface area contributed by atoms with Crippen molar-refractivity contribution in [1.82, 2.24) is 14.9 Å². The van der Waals surface area contributed by atoms with Crippen LogP contribution >= 0.6 is 22.6 Å². The average molecular weight is 318 g/mol. The summed E-state index contributed by atoms with van der Waals surface area (Å²) in [6.45, 7) is 5.49. The Morgan fingerprint density at radius 2 is 2.27 bits per heavy atom. The van der Waals surface area contributed by atoms with Gasteiger partial charge in [0.2, 0.25) is 0 Å². The molecule has 0 aromatic carbocycles. The second-order valence-electron chi connectivity index (χ2n) is 4.00. The maximum atomic E-state index is 4.37. The van der Waals surface area contributed by atoms with Gasteiger partial charge >= 0.3 is 0 Å². The van der Waals surface area contributed by atoms with E-state index >= 15 is 0 Å². The summed E-state index contributed by atoms with van der Waals surface area (Å²) < 4.78 is 1.13. The summed E-state index contributed by atoms with van der Waals surface area (Å²) in [5.41, 5.74) is 0. The third-order valence-corrected chi connectivity index (χ3v) is 3.51. The normalized spacial score (nSPS) is 23.1. The van der Waals surface area contributed by atoms with E-state index in [1.807, 2.05) is 6.20 Å². The smallest absolute Gasteiger partial charge is 0.145 e. The predicted octanol–water partition coefficient (Wildman–Crippen LogP) is 1.22. The van der Waals surface area contributed by atoms with Crippen LogP contribution < -0.4 is 4.90 Å². The van der Waals surface area contributed by atoms with E-state index in [1.165, 1.54) is 0 Å². The first-order valence-corrected chi connectivity index (χ1v) is 6.17. The lowest BCUT2D eigenvalue weighted by Crippen LogP contribution is -2.51. The number of piperazine rings is 1. The van der Waals surface area contributed by atoms with Gasteiger partial charge in [-0.1, -0.05) is 0 Å². The predicted molar refractivity (Wildman–Crippen MR) is 69.1 cm³/mol. The Labute approximate surface area is 104 Å². The highest BCUT2D eigenvalue weighted by molar-refractivity contribution is 14.1. The molecule has 5 heteroatoms. The molecule has 1 aliphatic heterocycles. The summed E-state index contributed by atoms with van der Waals surface area (Å²) >= 11 is 2.30. The number of likely N-dealkylation sites (N-methyl/N-ethyl adjacent to an activating group) is 1. The molecular formula is C10H15IN4. The Kier molecular flexibility index (Phi) is 3.40. The first-order chi connectivity index (χ1) is 7.18. The quantitative estimate of drug-likeness (QED) is 0.729. The molecule has 2 heterocycles. The fourth-order valence-electron chi connectivity index (χ4n) is 1.97. The molecule has 2 rings (SSSR count). The monoisotopic (exact) mass is 318 g/mol. The van der Waals surface area contributed by atoms with Crippen LogP contribution in [0.5, 0.6) is 0 Å². The van der Waals surface area contributed by atoms with Gasteiger partial charge in [-0.15, -0.1) is 0 Å². The number of aromatic nitrogens is 2. The van der Waals surface area contributed by atoms with Crippen molar-refractivity contribution >= 4 is 28.4 Å². The molecule has 1 fully saturated rings. The first kappa shape index (κ1) is 11.1. The SMILES string of the molecule is CC1CN(C)CCN1c1ncncc1I. The van der Waals surface area contributed by atoms with Gasteiger partial charge in [0.15, 0.2) is 0 Å². The van der Waals surface area contributed by atoms with Crippen LogP contribution in [0.25, 0.3) is 0 Å². The average Bonchev–Trinajstić information content (AvgIpc) is 2.20. The summed E-state index contributed by atoms with van der Waals surface area (Å²) in [6, 6.07) is 0.521. The van der Waals surface area contributed by atoms with Crippen molar-refractivity contribution in [1.29, 1.82) is 0 Å². The van der Waals surface area contributed by atoms with Crippen molar-refractivity contribution < 1.29 is 0 Å². The third kappa shape index (κ3) is 2.39. The van der Waals surface area contributed by atoms with Crippen molar-refractivity contribution in [3.8, 4) is 0 Å². The Bertz CT molecular complexity index is 344. The maximum absolute atomic E-state index is 4.37. The van der Waals surface area contributed by atoms with Crippen LogP contribution in [0.4, 0.5) is 5.82 Å². The fraction of sp³-hybridized carbons (Fsp3) is 0.600. The molecule has 1 saturated heterocycles. The third-order valence-electron chi connectivity index (χ3n) is 2.75. The summed E-state index contributed by atoms with van der Waals surface area (Å²) in [5, 5.41) is 0. The molecule has 4 nitrogen and oxygen atoms in total. The van der Waals surface area contributed by atoms with Gasteiger partial charge in [-0.2, -0.15) is 0 Å². The van der Waals surface area contributed by atoms with Gasteiger partial charge in [0.1, 0.15) is 12.1 Å². The van der Waals surface area contributed by atoms with Gasteiger partial charge in [-0.3, -0.25) is 0 Å². The summed E-state index contributed by atoms with van der Waals surface area (Å²) in [6.07, 6.45) is 3.50. The number of hydrogen-bond donors (Lipinski definition) is 0. The van der Waals surface area contributed by atoms with E-state index in [0.29, 0.717) is 6.04 Å². The molecule has 0 aliphatic carbocycles. The Balaban J connectivity index is 2.20. The van der Waals surface area contributed by atoms with Crippen molar-refractivity contribution in [3.05, 3.63) is 16.1 Å². The van der Waals surface area contributed by atoms with E-state index in [2.05, 4.69) is 56.3 Å². The van der Waals surface area contributed by atoms with Crippen LogP contribution in [-0.4, -0.2) is 47.6 Å². The van der Waals surface area contributed by atoms with Gasteiger partial charge in [0.05, 0.1) is 3.57 Å². The Morgan fingerprint density at radius 1 is 1.47 bits per heavy atom. The van der Waals surface area contributed by atoms with Crippen molar-refractivity contribution in [2.45, 2.75) is 13.0 Å². The summed E-state index contributed by atoms with van der Waals surface area (Å²) in [4.78, 5) is 13.1. The van der Waals surface area contributed by atoms with E-state index in [4.69, 9.17) is 0 Å². The zero-order valence-corrected chi connectivity index (χ0v) is 11.2. The molecule has 0 radical (unpaired) electrons. The second-order valence-corrected chi connectivity index (χ2v) is 5.16. The second kappa shape index (κ2) is 4.61. The minimum atomic E-state index is 0.521. The molecule has 1 atom stereocenters. The number of rotatable bonds is 1. The topological polar surface area (TPSA) is 32.3 Å². The molecule has 1 unspecified atom stereocenters. The Hall–Kier alpha value is -0.430. The molecule has 1 aromatic rings. The molecule has 0 saturated carbocycles. The molecule has 0 amide bonds. The Morgan fingerprint density at radius 3 is 2.93 bits per heavy atom. The molecule has 1 aromatic heterocycles. The highest BCUT2D eigenvalue weighted by Crippen LogP contribution is 2.22. The fourth-order valence-corrected chi connectivity index (χ4v) is 2.58. The van der Waals surface area contributed by atoms with E-state index in [9.17, 15) is 0 Å². The van der Waals surface area contributed by atoms with E-state index < -0.39 is 0 Å². The minimum absolute atomic E-state index is 0.521. The van der Waals surface area contributed by atoms with E-state index in [1.54, 1.807) is 6.33 Å². The zero-order valence-electron chi connectivity index (χ0n) is 9.02. The molecular weight excluding hydrogens is 303 g/mol. The molecule has 1 aliphatic rings. The summed E-state index contributed by atoms with van der Waals surface area (Å²) in [7, 11) is 2.17. The maximum Gasteiger partial charge on any atom is 0.145 e. The van der Waals surface area contributed by atoms with Crippen LogP contribution in [0.2, 0.25) is 0 Å². The van der Waals surface area contributed by atoms with Crippen LogP contribution in [0.1, 0.15) is 6.92 Å². The largest absolute Gasteiger partial charge is 0.350 e. The zero-order chi connectivity index (χ0) is 10.8. The van der Waals surface area contributed by atoms with Gasteiger partial charge in [-0.25, -0.2) is 9.97 Å². The minimum Gasteiger partial charge on any atom is -0.350 e. The van der Waals surface area contributed by atoms with Crippen molar-refractivity contribution in [2.75, 3.05) is 31.6 Å². The van der Waals surface area contributed by atoms with E-state index in [0.717, 1.165) is 29.0 Å². The van der Waals surface area contributed by atoms with Crippen LogP contribution in [0, 0.1) is 3.57 Å². The first-order valence-electron chi connectivity index (χ1n) is 5.09. The number of hydrogen-bond acceptors (Lipinski definition) is 4. The van der Waals surface area contributed by atoms with Crippen LogP contribution in [-0.2, 0) is 0 Å².